The number of hydrogen-bond donors (Lipinski definition) is 0. The van der Waals surface area contributed by atoms with Crippen LogP contribution in [0.1, 0.15) is 24.5 Å². The quantitative estimate of drug-likeness (QED) is 0.803. The van der Waals surface area contributed by atoms with Crippen LogP contribution < -0.4 is 4.90 Å². The summed E-state index contributed by atoms with van der Waals surface area (Å²) in [5, 5.41) is 4.24. The summed E-state index contributed by atoms with van der Waals surface area (Å²) in [7, 11) is 1.95. The normalized spacial score (nSPS) is 20.1. The molecule has 0 saturated carbocycles. The van der Waals surface area contributed by atoms with Crippen molar-refractivity contribution >= 4 is 5.69 Å². The van der Waals surface area contributed by atoms with Crippen LogP contribution in [0.25, 0.3) is 0 Å². The van der Waals surface area contributed by atoms with Crippen molar-refractivity contribution in [2.45, 2.75) is 18.8 Å². The van der Waals surface area contributed by atoms with Gasteiger partial charge < -0.3 is 4.90 Å². The Morgan fingerprint density at radius 1 is 1.39 bits per heavy atom. The van der Waals surface area contributed by atoms with E-state index in [9.17, 15) is 0 Å². The average molecular weight is 243 g/mol. The van der Waals surface area contributed by atoms with E-state index in [0.29, 0.717) is 5.92 Å². The first-order valence-corrected chi connectivity index (χ1v) is 6.32. The van der Waals surface area contributed by atoms with Crippen molar-refractivity contribution in [1.82, 2.24) is 19.7 Å². The summed E-state index contributed by atoms with van der Waals surface area (Å²) < 4.78 is 1.85. The van der Waals surface area contributed by atoms with Crippen LogP contribution in [0, 0.1) is 0 Å². The highest BCUT2D eigenvalue weighted by molar-refractivity contribution is 5.43. The van der Waals surface area contributed by atoms with E-state index in [2.05, 4.69) is 26.2 Å². The summed E-state index contributed by atoms with van der Waals surface area (Å²) in [5.74, 6) is 0.502. The van der Waals surface area contributed by atoms with Crippen molar-refractivity contribution in [3.63, 3.8) is 0 Å². The van der Waals surface area contributed by atoms with Crippen molar-refractivity contribution < 1.29 is 0 Å². The minimum atomic E-state index is 0.502. The van der Waals surface area contributed by atoms with Gasteiger partial charge in [-0.3, -0.25) is 4.68 Å². The Balaban J connectivity index is 1.76. The van der Waals surface area contributed by atoms with E-state index in [0.717, 1.165) is 18.8 Å². The number of hydrogen-bond acceptors (Lipinski definition) is 4. The molecule has 0 spiro atoms. The van der Waals surface area contributed by atoms with Gasteiger partial charge >= 0.3 is 0 Å². The Hall–Kier alpha value is -1.91. The van der Waals surface area contributed by atoms with Gasteiger partial charge in [0.1, 0.15) is 6.33 Å². The minimum Gasteiger partial charge on any atom is -0.368 e. The molecule has 1 atom stereocenters. The number of nitrogens with zero attached hydrogens (tertiary/aromatic N) is 5. The van der Waals surface area contributed by atoms with Crippen LogP contribution in [0.2, 0.25) is 0 Å². The van der Waals surface area contributed by atoms with Gasteiger partial charge in [0.15, 0.2) is 0 Å². The Bertz CT molecular complexity index is 507. The van der Waals surface area contributed by atoms with Gasteiger partial charge in [0.05, 0.1) is 11.9 Å². The van der Waals surface area contributed by atoms with E-state index >= 15 is 0 Å². The lowest BCUT2D eigenvalue weighted by atomic mass is 9.94. The van der Waals surface area contributed by atoms with Crippen LogP contribution >= 0.6 is 0 Å². The topological polar surface area (TPSA) is 46.8 Å². The van der Waals surface area contributed by atoms with Crippen LogP contribution in [0.4, 0.5) is 5.69 Å². The van der Waals surface area contributed by atoms with Crippen LogP contribution in [0.3, 0.4) is 0 Å². The van der Waals surface area contributed by atoms with E-state index < -0.39 is 0 Å². The third kappa shape index (κ3) is 2.20. The zero-order chi connectivity index (χ0) is 12.4. The molecule has 94 valence electrons. The highest BCUT2D eigenvalue weighted by Crippen LogP contribution is 2.28. The second-order valence-electron chi connectivity index (χ2n) is 4.79. The van der Waals surface area contributed by atoms with Crippen LogP contribution in [-0.2, 0) is 7.05 Å². The predicted octanol–water partition coefficient (Wildman–Crippen LogP) is 1.59. The first-order chi connectivity index (χ1) is 8.83. The Labute approximate surface area is 106 Å². The van der Waals surface area contributed by atoms with Crippen LogP contribution in [0.15, 0.2) is 31.0 Å². The summed E-state index contributed by atoms with van der Waals surface area (Å²) >= 11 is 0. The van der Waals surface area contributed by atoms with E-state index in [1.165, 1.54) is 18.5 Å². The first kappa shape index (κ1) is 11.2. The Morgan fingerprint density at radius 3 is 3.06 bits per heavy atom. The molecule has 0 N–H and O–H groups in total. The lowest BCUT2D eigenvalue weighted by Crippen LogP contribution is -2.34. The molecule has 5 heteroatoms. The molecule has 0 radical (unpaired) electrons. The molecule has 18 heavy (non-hydrogen) atoms. The van der Waals surface area contributed by atoms with Crippen LogP contribution in [0.5, 0.6) is 0 Å². The molecule has 3 rings (SSSR count). The summed E-state index contributed by atoms with van der Waals surface area (Å²) in [6.45, 7) is 2.12. The second kappa shape index (κ2) is 4.76. The molecule has 0 aromatic carbocycles. The number of piperidine rings is 1. The SMILES string of the molecule is Cn1cc(N2CCCC(c3ccncn3)C2)cn1. The van der Waals surface area contributed by atoms with Gasteiger partial charge in [0.25, 0.3) is 0 Å². The third-order valence-electron chi connectivity index (χ3n) is 3.50. The van der Waals surface area contributed by atoms with Crippen molar-refractivity contribution in [3.05, 3.63) is 36.7 Å². The molecule has 1 aliphatic heterocycles. The maximum atomic E-state index is 4.38. The van der Waals surface area contributed by atoms with Crippen molar-refractivity contribution in [1.29, 1.82) is 0 Å². The fourth-order valence-corrected chi connectivity index (χ4v) is 2.57. The summed E-state index contributed by atoms with van der Waals surface area (Å²) in [6.07, 6.45) is 9.87. The maximum absolute atomic E-state index is 4.38. The van der Waals surface area contributed by atoms with Gasteiger partial charge in [-0.1, -0.05) is 0 Å². The Morgan fingerprint density at radius 2 is 2.33 bits per heavy atom. The van der Waals surface area contributed by atoms with E-state index in [1.807, 2.05) is 30.2 Å². The molecule has 0 bridgehead atoms. The second-order valence-corrected chi connectivity index (χ2v) is 4.79. The Kier molecular flexibility index (Phi) is 2.96. The zero-order valence-electron chi connectivity index (χ0n) is 10.5. The van der Waals surface area contributed by atoms with Crippen LogP contribution in [-0.4, -0.2) is 32.8 Å². The van der Waals surface area contributed by atoms with Gasteiger partial charge in [-0.2, -0.15) is 5.10 Å². The largest absolute Gasteiger partial charge is 0.368 e. The number of rotatable bonds is 2. The molecular formula is C13H17N5. The lowest BCUT2D eigenvalue weighted by molar-refractivity contribution is 0.501. The van der Waals surface area contributed by atoms with Gasteiger partial charge in [0.2, 0.25) is 0 Å². The van der Waals surface area contributed by atoms with Crippen molar-refractivity contribution in [3.8, 4) is 0 Å². The first-order valence-electron chi connectivity index (χ1n) is 6.32. The highest BCUT2D eigenvalue weighted by Gasteiger charge is 2.22. The zero-order valence-corrected chi connectivity index (χ0v) is 10.5. The molecule has 0 amide bonds. The number of aromatic nitrogens is 4. The molecule has 1 aliphatic rings. The van der Waals surface area contributed by atoms with Gasteiger partial charge in [0, 0.05) is 44.1 Å². The average Bonchev–Trinajstić information content (AvgIpc) is 2.87. The molecular weight excluding hydrogens is 226 g/mol. The maximum Gasteiger partial charge on any atom is 0.115 e. The van der Waals surface area contributed by atoms with Gasteiger partial charge in [-0.25, -0.2) is 9.97 Å². The van der Waals surface area contributed by atoms with Crippen molar-refractivity contribution in [2.75, 3.05) is 18.0 Å². The standard InChI is InChI=1S/C13H17N5/c1-17-9-12(7-16-17)18-6-2-3-11(8-18)13-4-5-14-10-15-13/h4-5,7,9-11H,2-3,6,8H2,1H3. The van der Waals surface area contributed by atoms with Crippen molar-refractivity contribution in [2.24, 2.45) is 7.05 Å². The number of aryl methyl sites for hydroxylation is 1. The van der Waals surface area contributed by atoms with Gasteiger partial charge in [-0.15, -0.1) is 0 Å². The minimum absolute atomic E-state index is 0.502. The third-order valence-corrected chi connectivity index (χ3v) is 3.50. The summed E-state index contributed by atoms with van der Waals surface area (Å²) in [5.41, 5.74) is 2.36. The van der Waals surface area contributed by atoms with E-state index in [-0.39, 0.29) is 0 Å². The predicted molar refractivity (Wildman–Crippen MR) is 69.4 cm³/mol. The fourth-order valence-electron chi connectivity index (χ4n) is 2.57. The lowest BCUT2D eigenvalue weighted by Gasteiger charge is -2.33. The monoisotopic (exact) mass is 243 g/mol. The molecule has 5 nitrogen and oxygen atoms in total. The summed E-state index contributed by atoms with van der Waals surface area (Å²) in [6, 6.07) is 2.03. The molecule has 2 aromatic heterocycles. The molecule has 1 fully saturated rings. The molecule has 2 aromatic rings. The highest BCUT2D eigenvalue weighted by atomic mass is 15.3. The molecule has 3 heterocycles. The van der Waals surface area contributed by atoms with E-state index in [1.54, 1.807) is 6.33 Å². The smallest absolute Gasteiger partial charge is 0.115 e. The van der Waals surface area contributed by atoms with Gasteiger partial charge in [-0.05, 0) is 18.9 Å². The molecule has 1 saturated heterocycles. The molecule has 1 unspecified atom stereocenters. The van der Waals surface area contributed by atoms with E-state index in [4.69, 9.17) is 0 Å². The molecule has 0 aliphatic carbocycles. The fraction of sp³-hybridized carbons (Fsp3) is 0.462. The number of anilines is 1. The summed E-state index contributed by atoms with van der Waals surface area (Å²) in [4.78, 5) is 10.8.